The van der Waals surface area contributed by atoms with E-state index in [0.717, 1.165) is 18.7 Å². The lowest BCUT2D eigenvalue weighted by molar-refractivity contribution is 0.0162. The van der Waals surface area contributed by atoms with Crippen LogP contribution in [0.5, 0.6) is 11.5 Å². The molecular weight excluding hydrogens is 380 g/mol. The van der Waals surface area contributed by atoms with Gasteiger partial charge < -0.3 is 19.5 Å². The molecule has 4 rings (SSSR count). The van der Waals surface area contributed by atoms with Crippen LogP contribution < -0.4 is 14.8 Å². The van der Waals surface area contributed by atoms with Crippen molar-refractivity contribution >= 4 is 17.5 Å². The summed E-state index contributed by atoms with van der Waals surface area (Å²) >= 11 is 6.05. The molecule has 0 radical (unpaired) electrons. The van der Waals surface area contributed by atoms with Crippen molar-refractivity contribution < 1.29 is 19.0 Å². The lowest BCUT2D eigenvalue weighted by atomic mass is 10.0. The second-order valence-corrected chi connectivity index (χ2v) is 7.19. The maximum Gasteiger partial charge on any atom is 0.255 e. The van der Waals surface area contributed by atoms with Crippen molar-refractivity contribution in [3.8, 4) is 11.5 Å². The van der Waals surface area contributed by atoms with E-state index in [1.54, 1.807) is 12.1 Å². The summed E-state index contributed by atoms with van der Waals surface area (Å²) in [6, 6.07) is 13.2. The van der Waals surface area contributed by atoms with Crippen molar-refractivity contribution in [1.82, 2.24) is 10.2 Å². The van der Waals surface area contributed by atoms with Gasteiger partial charge in [-0.05, 0) is 29.8 Å². The molecule has 1 N–H and O–H groups in total. The lowest BCUT2D eigenvalue weighted by Crippen LogP contribution is -2.43. The van der Waals surface area contributed by atoms with Crippen LogP contribution in [0.15, 0.2) is 42.5 Å². The number of carbonyl (C=O) groups is 1. The topological polar surface area (TPSA) is 60.0 Å². The van der Waals surface area contributed by atoms with Gasteiger partial charge in [-0.1, -0.05) is 29.8 Å². The number of carbonyl (C=O) groups excluding carboxylic acids is 1. The Morgan fingerprint density at radius 2 is 1.79 bits per heavy atom. The molecule has 0 aromatic heterocycles. The van der Waals surface area contributed by atoms with Crippen LogP contribution in [-0.4, -0.2) is 56.9 Å². The number of nitrogens with zero attached hydrogens (tertiary/aromatic N) is 1. The van der Waals surface area contributed by atoms with Gasteiger partial charge in [0.25, 0.3) is 5.91 Å². The SMILES string of the molecule is O=C(NCC(c1ccc(Cl)cc1)N1CCOCC1)c1cccc2c1OCCO2. The minimum atomic E-state index is -0.172. The monoisotopic (exact) mass is 402 g/mol. The highest BCUT2D eigenvalue weighted by Gasteiger charge is 2.25. The largest absolute Gasteiger partial charge is 0.486 e. The number of fused-ring (bicyclic) bond motifs is 1. The second-order valence-electron chi connectivity index (χ2n) is 6.76. The summed E-state index contributed by atoms with van der Waals surface area (Å²) in [5.41, 5.74) is 1.61. The van der Waals surface area contributed by atoms with Crippen molar-refractivity contribution in [3.63, 3.8) is 0 Å². The minimum absolute atomic E-state index is 0.0434. The molecule has 1 amide bonds. The molecule has 1 saturated heterocycles. The molecule has 0 bridgehead atoms. The fraction of sp³-hybridized carbons (Fsp3) is 0.381. The van der Waals surface area contributed by atoms with E-state index < -0.39 is 0 Å². The Bertz CT molecular complexity index is 822. The van der Waals surface area contributed by atoms with Gasteiger partial charge in [0, 0.05) is 24.7 Å². The summed E-state index contributed by atoms with van der Waals surface area (Å²) in [7, 11) is 0. The molecule has 7 heteroatoms. The molecule has 1 unspecified atom stereocenters. The first kappa shape index (κ1) is 19.1. The summed E-state index contributed by atoms with van der Waals surface area (Å²) < 4.78 is 16.7. The van der Waals surface area contributed by atoms with E-state index in [9.17, 15) is 4.79 Å². The van der Waals surface area contributed by atoms with Gasteiger partial charge in [-0.2, -0.15) is 0 Å². The van der Waals surface area contributed by atoms with Crippen LogP contribution in [0.25, 0.3) is 0 Å². The number of amides is 1. The number of para-hydroxylation sites is 1. The summed E-state index contributed by atoms with van der Waals surface area (Å²) in [4.78, 5) is 15.2. The smallest absolute Gasteiger partial charge is 0.255 e. The number of halogens is 1. The Balaban J connectivity index is 1.51. The van der Waals surface area contributed by atoms with E-state index in [1.165, 1.54) is 0 Å². The average Bonchev–Trinajstić information content (AvgIpc) is 2.75. The normalized spacial score (nSPS) is 17.8. The molecule has 2 aliphatic heterocycles. The van der Waals surface area contributed by atoms with Gasteiger partial charge in [0.05, 0.1) is 24.8 Å². The molecule has 2 aliphatic rings. The van der Waals surface area contributed by atoms with E-state index in [2.05, 4.69) is 10.2 Å². The van der Waals surface area contributed by atoms with Gasteiger partial charge in [0.1, 0.15) is 13.2 Å². The Kier molecular flexibility index (Phi) is 6.00. The maximum atomic E-state index is 12.9. The third kappa shape index (κ3) is 4.24. The molecule has 28 heavy (non-hydrogen) atoms. The quantitative estimate of drug-likeness (QED) is 0.833. The van der Waals surface area contributed by atoms with Gasteiger partial charge in [0.2, 0.25) is 0 Å². The molecule has 6 nitrogen and oxygen atoms in total. The van der Waals surface area contributed by atoms with Crippen LogP contribution >= 0.6 is 11.6 Å². The van der Waals surface area contributed by atoms with Gasteiger partial charge in [-0.15, -0.1) is 0 Å². The van der Waals surface area contributed by atoms with Crippen LogP contribution in [0.2, 0.25) is 5.02 Å². The number of morpholine rings is 1. The van der Waals surface area contributed by atoms with Crippen LogP contribution in [0, 0.1) is 0 Å². The van der Waals surface area contributed by atoms with Crippen molar-refractivity contribution in [2.45, 2.75) is 6.04 Å². The summed E-state index contributed by atoms with van der Waals surface area (Å²) in [6.07, 6.45) is 0. The number of rotatable bonds is 5. The minimum Gasteiger partial charge on any atom is -0.486 e. The maximum absolute atomic E-state index is 12.9. The highest BCUT2D eigenvalue weighted by atomic mass is 35.5. The van der Waals surface area contributed by atoms with Crippen molar-refractivity contribution in [3.05, 3.63) is 58.6 Å². The Hall–Kier alpha value is -2.28. The first-order valence-corrected chi connectivity index (χ1v) is 9.84. The zero-order valence-corrected chi connectivity index (χ0v) is 16.3. The third-order valence-corrected chi connectivity index (χ3v) is 5.26. The van der Waals surface area contributed by atoms with E-state index in [4.69, 9.17) is 25.8 Å². The Morgan fingerprint density at radius 3 is 2.57 bits per heavy atom. The zero-order valence-electron chi connectivity index (χ0n) is 15.5. The highest BCUT2D eigenvalue weighted by Crippen LogP contribution is 2.33. The molecular formula is C21H23ClN2O4. The number of hydrogen-bond donors (Lipinski definition) is 1. The molecule has 148 valence electrons. The van der Waals surface area contributed by atoms with E-state index in [0.29, 0.717) is 55.1 Å². The molecule has 1 atom stereocenters. The summed E-state index contributed by atoms with van der Waals surface area (Å²) in [5.74, 6) is 0.955. The molecule has 2 aromatic rings. The fourth-order valence-corrected chi connectivity index (χ4v) is 3.69. The van der Waals surface area contributed by atoms with Crippen LogP contribution in [0.3, 0.4) is 0 Å². The number of nitrogens with one attached hydrogen (secondary N) is 1. The number of hydrogen-bond acceptors (Lipinski definition) is 5. The average molecular weight is 403 g/mol. The molecule has 1 fully saturated rings. The van der Waals surface area contributed by atoms with Gasteiger partial charge in [-0.3, -0.25) is 9.69 Å². The summed E-state index contributed by atoms with van der Waals surface area (Å²) in [5, 5.41) is 3.77. The lowest BCUT2D eigenvalue weighted by Gasteiger charge is -2.35. The van der Waals surface area contributed by atoms with Crippen molar-refractivity contribution in [1.29, 1.82) is 0 Å². The molecule has 0 saturated carbocycles. The fourth-order valence-electron chi connectivity index (χ4n) is 3.57. The van der Waals surface area contributed by atoms with E-state index in [1.807, 2.05) is 30.3 Å². The predicted octanol–water partition coefficient (Wildman–Crippen LogP) is 2.91. The standard InChI is InChI=1S/C21H23ClN2O4/c22-16-6-4-15(5-7-16)18(24-8-10-26-11-9-24)14-23-21(25)17-2-1-3-19-20(17)28-13-12-27-19/h1-7,18H,8-14H2,(H,23,25). The van der Waals surface area contributed by atoms with Crippen LogP contribution in [0.4, 0.5) is 0 Å². The highest BCUT2D eigenvalue weighted by molar-refractivity contribution is 6.30. The third-order valence-electron chi connectivity index (χ3n) is 5.01. The van der Waals surface area contributed by atoms with Crippen LogP contribution in [0.1, 0.15) is 22.0 Å². The van der Waals surface area contributed by atoms with E-state index in [-0.39, 0.29) is 11.9 Å². The molecule has 0 spiro atoms. The number of benzene rings is 2. The second kappa shape index (κ2) is 8.82. The number of ether oxygens (including phenoxy) is 3. The first-order chi connectivity index (χ1) is 13.7. The summed E-state index contributed by atoms with van der Waals surface area (Å²) in [6.45, 7) is 4.43. The van der Waals surface area contributed by atoms with Gasteiger partial charge in [-0.25, -0.2) is 0 Å². The molecule has 0 aliphatic carbocycles. The predicted molar refractivity (Wildman–Crippen MR) is 106 cm³/mol. The Morgan fingerprint density at radius 1 is 1.04 bits per heavy atom. The van der Waals surface area contributed by atoms with Gasteiger partial charge in [0.15, 0.2) is 11.5 Å². The van der Waals surface area contributed by atoms with Crippen LogP contribution in [-0.2, 0) is 4.74 Å². The molecule has 2 heterocycles. The zero-order chi connectivity index (χ0) is 19.3. The molecule has 2 aromatic carbocycles. The van der Waals surface area contributed by atoms with E-state index >= 15 is 0 Å². The first-order valence-electron chi connectivity index (χ1n) is 9.46. The van der Waals surface area contributed by atoms with Crippen molar-refractivity contribution in [2.75, 3.05) is 46.1 Å². The van der Waals surface area contributed by atoms with Crippen molar-refractivity contribution in [2.24, 2.45) is 0 Å². The Labute approximate surface area is 169 Å². The van der Waals surface area contributed by atoms with Gasteiger partial charge >= 0.3 is 0 Å².